The Morgan fingerprint density at radius 2 is 2.43 bits per heavy atom. The zero-order valence-electron chi connectivity index (χ0n) is 8.75. The zero-order chi connectivity index (χ0) is 10.6. The van der Waals surface area contributed by atoms with E-state index in [9.17, 15) is 9.90 Å². The third-order valence-electron chi connectivity index (χ3n) is 3.30. The number of aliphatic hydroxyl groups is 1. The number of rotatable bonds is 3. The van der Waals surface area contributed by atoms with Crippen LogP contribution in [-0.2, 0) is 4.79 Å². The molecule has 0 bridgehead atoms. The van der Waals surface area contributed by atoms with Crippen molar-refractivity contribution >= 4 is 5.78 Å². The third kappa shape index (κ3) is 1.97. The second kappa shape index (κ2) is 4.59. The van der Waals surface area contributed by atoms with Crippen molar-refractivity contribution in [1.29, 1.82) is 0 Å². The Balaban J connectivity index is 2.88. The van der Waals surface area contributed by atoms with Gasteiger partial charge in [0.05, 0.1) is 11.5 Å². The highest BCUT2D eigenvalue weighted by Crippen LogP contribution is 2.40. The van der Waals surface area contributed by atoms with E-state index in [1.165, 1.54) is 0 Å². The van der Waals surface area contributed by atoms with Gasteiger partial charge in [0, 0.05) is 0 Å². The van der Waals surface area contributed by atoms with E-state index in [0.29, 0.717) is 6.42 Å². The van der Waals surface area contributed by atoms with Crippen LogP contribution in [0.3, 0.4) is 0 Å². The molecular weight excluding hydrogens is 176 g/mol. The lowest BCUT2D eigenvalue weighted by molar-refractivity contribution is -0.136. The minimum absolute atomic E-state index is 0.0937. The second-order valence-electron chi connectivity index (χ2n) is 4.09. The lowest BCUT2D eigenvalue weighted by Crippen LogP contribution is -2.43. The van der Waals surface area contributed by atoms with Crippen LogP contribution in [0.2, 0.25) is 0 Å². The maximum absolute atomic E-state index is 11.6. The van der Waals surface area contributed by atoms with Crippen LogP contribution < -0.4 is 0 Å². The summed E-state index contributed by atoms with van der Waals surface area (Å²) in [5.41, 5.74) is 2.12. The molecule has 0 aromatic heterocycles. The van der Waals surface area contributed by atoms with Crippen molar-refractivity contribution in [2.75, 3.05) is 0 Å². The van der Waals surface area contributed by atoms with Gasteiger partial charge in [-0.25, -0.2) is 0 Å². The maximum Gasteiger partial charge on any atom is 0.138 e. The van der Waals surface area contributed by atoms with Gasteiger partial charge in [0.25, 0.3) is 0 Å². The van der Waals surface area contributed by atoms with Gasteiger partial charge in [-0.05, 0) is 32.3 Å². The summed E-state index contributed by atoms with van der Waals surface area (Å²) >= 11 is 0. The zero-order valence-corrected chi connectivity index (χ0v) is 8.75. The normalized spacial score (nSPS) is 32.0. The first kappa shape index (κ1) is 11.2. The molecule has 1 rings (SSSR count). The number of ketones is 1. The van der Waals surface area contributed by atoms with E-state index in [1.54, 1.807) is 13.0 Å². The summed E-state index contributed by atoms with van der Waals surface area (Å²) in [6, 6.07) is 0. The smallest absolute Gasteiger partial charge is 0.138 e. The van der Waals surface area contributed by atoms with Crippen molar-refractivity contribution < 1.29 is 9.90 Å². The standard InChI is InChI=1S/C12H18O2/c1-3-4-8-12(10(2)13)9-6-5-7-11(12)14/h4,11,14H,1,5-9H2,2H3. The van der Waals surface area contributed by atoms with Crippen LogP contribution in [0, 0.1) is 5.41 Å². The summed E-state index contributed by atoms with van der Waals surface area (Å²) in [4.78, 5) is 11.6. The fraction of sp³-hybridized carbons (Fsp3) is 0.667. The summed E-state index contributed by atoms with van der Waals surface area (Å²) in [6.07, 6.45) is 5.43. The van der Waals surface area contributed by atoms with Gasteiger partial charge >= 0.3 is 0 Å². The second-order valence-corrected chi connectivity index (χ2v) is 4.09. The van der Waals surface area contributed by atoms with Crippen molar-refractivity contribution in [3.05, 3.63) is 18.4 Å². The van der Waals surface area contributed by atoms with E-state index < -0.39 is 11.5 Å². The average Bonchev–Trinajstić information content (AvgIpc) is 2.16. The minimum Gasteiger partial charge on any atom is -0.392 e. The quantitative estimate of drug-likeness (QED) is 0.699. The Bertz CT molecular complexity index is 263. The number of Topliss-reactive ketones (excluding diaryl/α,β-unsaturated/α-hetero) is 1. The van der Waals surface area contributed by atoms with Crippen LogP contribution in [0.1, 0.15) is 39.0 Å². The first-order valence-corrected chi connectivity index (χ1v) is 5.17. The summed E-state index contributed by atoms with van der Waals surface area (Å²) in [6.45, 7) is 5.06. The number of carbonyl (C=O) groups is 1. The van der Waals surface area contributed by atoms with Crippen LogP contribution in [0.25, 0.3) is 0 Å². The molecule has 0 spiro atoms. The molecule has 1 aliphatic carbocycles. The van der Waals surface area contributed by atoms with Gasteiger partial charge in [0.1, 0.15) is 5.78 Å². The Morgan fingerprint density at radius 3 is 2.93 bits per heavy atom. The van der Waals surface area contributed by atoms with Crippen LogP contribution in [0.15, 0.2) is 18.4 Å². The highest BCUT2D eigenvalue weighted by atomic mass is 16.3. The number of aliphatic hydroxyl groups excluding tert-OH is 1. The van der Waals surface area contributed by atoms with Crippen molar-refractivity contribution in [1.82, 2.24) is 0 Å². The minimum atomic E-state index is -0.553. The number of hydrogen-bond donors (Lipinski definition) is 1. The molecule has 1 saturated carbocycles. The fourth-order valence-electron chi connectivity index (χ4n) is 2.27. The van der Waals surface area contributed by atoms with E-state index in [4.69, 9.17) is 0 Å². The molecule has 0 radical (unpaired) electrons. The van der Waals surface area contributed by atoms with Crippen molar-refractivity contribution in [2.45, 2.75) is 45.1 Å². The van der Waals surface area contributed by atoms with Crippen LogP contribution in [-0.4, -0.2) is 17.0 Å². The molecule has 0 aromatic rings. The van der Waals surface area contributed by atoms with Crippen molar-refractivity contribution in [3.63, 3.8) is 0 Å². The van der Waals surface area contributed by atoms with Crippen LogP contribution >= 0.6 is 0 Å². The molecule has 0 aliphatic heterocycles. The SMILES string of the molecule is C=C=CCC1(C(C)=O)CCCCC1O. The molecule has 0 amide bonds. The Kier molecular flexibility index (Phi) is 3.68. The molecule has 0 heterocycles. The molecule has 78 valence electrons. The Labute approximate surface area is 85.3 Å². The van der Waals surface area contributed by atoms with Gasteiger partial charge in [0.15, 0.2) is 0 Å². The van der Waals surface area contributed by atoms with Crippen molar-refractivity contribution in [3.8, 4) is 0 Å². The molecule has 1 fully saturated rings. The molecule has 2 nitrogen and oxygen atoms in total. The van der Waals surface area contributed by atoms with Gasteiger partial charge in [-0.1, -0.05) is 19.4 Å². The first-order valence-electron chi connectivity index (χ1n) is 5.17. The predicted molar refractivity (Wildman–Crippen MR) is 55.9 cm³/mol. The lowest BCUT2D eigenvalue weighted by Gasteiger charge is -2.38. The molecule has 0 saturated heterocycles. The van der Waals surface area contributed by atoms with E-state index in [1.807, 2.05) is 0 Å². The average molecular weight is 194 g/mol. The molecule has 14 heavy (non-hydrogen) atoms. The van der Waals surface area contributed by atoms with E-state index in [-0.39, 0.29) is 5.78 Å². The molecule has 2 unspecified atom stereocenters. The molecular formula is C12H18O2. The van der Waals surface area contributed by atoms with Gasteiger partial charge in [-0.3, -0.25) is 4.79 Å². The summed E-state index contributed by atoms with van der Waals surface area (Å²) < 4.78 is 0. The van der Waals surface area contributed by atoms with Gasteiger partial charge in [-0.15, -0.1) is 5.73 Å². The Morgan fingerprint density at radius 1 is 1.71 bits per heavy atom. The third-order valence-corrected chi connectivity index (χ3v) is 3.30. The van der Waals surface area contributed by atoms with Crippen molar-refractivity contribution in [2.24, 2.45) is 5.41 Å². The van der Waals surface area contributed by atoms with E-state index >= 15 is 0 Å². The van der Waals surface area contributed by atoms with Gasteiger partial charge in [-0.2, -0.15) is 0 Å². The summed E-state index contributed by atoms with van der Waals surface area (Å²) in [5.74, 6) is 0.0937. The molecule has 1 N–H and O–H groups in total. The van der Waals surface area contributed by atoms with Crippen LogP contribution in [0.4, 0.5) is 0 Å². The van der Waals surface area contributed by atoms with Crippen LogP contribution in [0.5, 0.6) is 0 Å². The van der Waals surface area contributed by atoms with Gasteiger partial charge in [0.2, 0.25) is 0 Å². The molecule has 2 atom stereocenters. The lowest BCUT2D eigenvalue weighted by atomic mass is 9.67. The monoisotopic (exact) mass is 194 g/mol. The highest BCUT2D eigenvalue weighted by Gasteiger charge is 2.42. The number of carbonyl (C=O) groups excluding carboxylic acids is 1. The van der Waals surface area contributed by atoms with E-state index in [2.05, 4.69) is 12.3 Å². The number of allylic oxidation sites excluding steroid dienone is 1. The topological polar surface area (TPSA) is 37.3 Å². The highest BCUT2D eigenvalue weighted by molar-refractivity contribution is 5.83. The summed E-state index contributed by atoms with van der Waals surface area (Å²) in [5, 5.41) is 9.93. The predicted octanol–water partition coefficient (Wildman–Crippen LogP) is 2.23. The van der Waals surface area contributed by atoms with E-state index in [0.717, 1.165) is 25.7 Å². The van der Waals surface area contributed by atoms with Gasteiger partial charge < -0.3 is 5.11 Å². The first-order chi connectivity index (χ1) is 6.63. The maximum atomic E-state index is 11.6. The summed E-state index contributed by atoms with van der Waals surface area (Å²) in [7, 11) is 0. The number of hydrogen-bond acceptors (Lipinski definition) is 2. The molecule has 0 aromatic carbocycles. The molecule has 1 aliphatic rings. The Hall–Kier alpha value is -0.850. The largest absolute Gasteiger partial charge is 0.392 e. The fourth-order valence-corrected chi connectivity index (χ4v) is 2.27. The molecule has 2 heteroatoms.